The second-order valence-electron chi connectivity index (χ2n) is 5.95. The Morgan fingerprint density at radius 1 is 1.03 bits per heavy atom. The smallest absolute Gasteiger partial charge is 0.269 e. The van der Waals surface area contributed by atoms with E-state index in [1.165, 1.54) is 42.7 Å². The average molecular weight is 415 g/mol. The highest BCUT2D eigenvalue weighted by molar-refractivity contribution is 7.92. The molecule has 1 heterocycles. The van der Waals surface area contributed by atoms with Crippen LogP contribution in [0.3, 0.4) is 0 Å². The molecule has 0 radical (unpaired) electrons. The molecule has 0 unspecified atom stereocenters. The normalized spacial score (nSPS) is 11.0. The summed E-state index contributed by atoms with van der Waals surface area (Å²) in [7, 11) is -4.08. The summed E-state index contributed by atoms with van der Waals surface area (Å²) in [6.45, 7) is -0.402. The zero-order valence-electron chi connectivity index (χ0n) is 15.1. The average Bonchev–Trinajstić information content (AvgIpc) is 3.25. The molecule has 0 bridgehead atoms. The van der Waals surface area contributed by atoms with Crippen molar-refractivity contribution >= 4 is 27.3 Å². The SMILES string of the molecule is O=C(CN(c1ccc([N+](=O)[O-])cc1)S(=O)(=O)c1ccccc1)NCc1ccco1. The number of nitrogens with zero attached hydrogens (tertiary/aromatic N) is 2. The number of furan rings is 1. The minimum Gasteiger partial charge on any atom is -0.467 e. The number of sulfonamides is 1. The van der Waals surface area contributed by atoms with Crippen molar-refractivity contribution in [2.45, 2.75) is 11.4 Å². The molecule has 0 fully saturated rings. The molecule has 9 nitrogen and oxygen atoms in total. The first-order chi connectivity index (χ1) is 13.9. The third-order valence-electron chi connectivity index (χ3n) is 4.01. The van der Waals surface area contributed by atoms with Crippen molar-refractivity contribution in [3.63, 3.8) is 0 Å². The van der Waals surface area contributed by atoms with E-state index in [0.717, 1.165) is 4.31 Å². The molecule has 0 spiro atoms. The summed E-state index contributed by atoms with van der Waals surface area (Å²) in [4.78, 5) is 22.7. The van der Waals surface area contributed by atoms with Gasteiger partial charge in [0.2, 0.25) is 5.91 Å². The minimum atomic E-state index is -4.08. The third kappa shape index (κ3) is 4.79. The number of non-ortho nitro benzene ring substituents is 1. The van der Waals surface area contributed by atoms with Crippen LogP contribution in [0.25, 0.3) is 0 Å². The molecule has 0 atom stereocenters. The number of rotatable bonds is 8. The van der Waals surface area contributed by atoms with Crippen LogP contribution in [-0.2, 0) is 21.4 Å². The Kier molecular flexibility index (Phi) is 5.93. The quantitative estimate of drug-likeness (QED) is 0.446. The standard InChI is InChI=1S/C19H17N3O6S/c23-19(20-13-17-5-4-12-28-17)14-21(15-8-10-16(11-9-15)22(24)25)29(26,27)18-6-2-1-3-7-18/h1-12H,13-14H2,(H,20,23). The van der Waals surface area contributed by atoms with Crippen molar-refractivity contribution in [1.29, 1.82) is 0 Å². The second-order valence-corrected chi connectivity index (χ2v) is 7.82. The molecule has 29 heavy (non-hydrogen) atoms. The highest BCUT2D eigenvalue weighted by Gasteiger charge is 2.27. The summed E-state index contributed by atoms with van der Waals surface area (Å²) in [6, 6.07) is 15.9. The molecule has 0 saturated carbocycles. The fraction of sp³-hybridized carbons (Fsp3) is 0.105. The molecule has 0 aliphatic rings. The largest absolute Gasteiger partial charge is 0.467 e. The summed E-state index contributed by atoms with van der Waals surface area (Å²) >= 11 is 0. The van der Waals surface area contributed by atoms with Crippen LogP contribution in [0.2, 0.25) is 0 Å². The summed E-state index contributed by atoms with van der Waals surface area (Å²) in [5.41, 5.74) is -0.0549. The molecule has 1 aromatic heterocycles. The van der Waals surface area contributed by atoms with E-state index in [1.54, 1.807) is 30.3 Å². The van der Waals surface area contributed by atoms with Crippen LogP contribution in [0.4, 0.5) is 11.4 Å². The number of nitrogens with one attached hydrogen (secondary N) is 1. The topological polar surface area (TPSA) is 123 Å². The first-order valence-corrected chi connectivity index (χ1v) is 9.93. The van der Waals surface area contributed by atoms with Crippen LogP contribution in [0.1, 0.15) is 5.76 Å². The second kappa shape index (κ2) is 8.57. The molecule has 1 amide bonds. The number of carbonyl (C=O) groups is 1. The third-order valence-corrected chi connectivity index (χ3v) is 5.79. The van der Waals surface area contributed by atoms with E-state index in [2.05, 4.69) is 5.32 Å². The van der Waals surface area contributed by atoms with E-state index in [0.29, 0.717) is 5.76 Å². The zero-order valence-corrected chi connectivity index (χ0v) is 15.9. The maximum absolute atomic E-state index is 13.1. The minimum absolute atomic E-state index is 0.00260. The van der Waals surface area contributed by atoms with Crippen molar-refractivity contribution in [2.24, 2.45) is 0 Å². The van der Waals surface area contributed by atoms with Gasteiger partial charge in [0.25, 0.3) is 15.7 Å². The summed E-state index contributed by atoms with van der Waals surface area (Å²) in [5, 5.41) is 13.5. The number of carbonyl (C=O) groups excluding carboxylic acids is 1. The summed E-state index contributed by atoms with van der Waals surface area (Å²) in [5.74, 6) is -0.0367. The molecule has 3 aromatic rings. The Bertz CT molecular complexity index is 1080. The lowest BCUT2D eigenvalue weighted by Crippen LogP contribution is -2.40. The first-order valence-electron chi connectivity index (χ1n) is 8.49. The zero-order chi connectivity index (χ0) is 20.9. The van der Waals surface area contributed by atoms with Crippen LogP contribution < -0.4 is 9.62 Å². The van der Waals surface area contributed by atoms with Gasteiger partial charge in [-0.3, -0.25) is 19.2 Å². The lowest BCUT2D eigenvalue weighted by Gasteiger charge is -2.24. The summed E-state index contributed by atoms with van der Waals surface area (Å²) < 4.78 is 32.3. The molecule has 0 aliphatic carbocycles. The molecule has 0 aliphatic heterocycles. The van der Waals surface area contributed by atoms with Crippen molar-refractivity contribution in [1.82, 2.24) is 5.32 Å². The van der Waals surface area contributed by atoms with Gasteiger partial charge in [-0.1, -0.05) is 18.2 Å². The molecule has 3 rings (SSSR count). The van der Waals surface area contributed by atoms with E-state index in [1.807, 2.05) is 0 Å². The number of amides is 1. The van der Waals surface area contributed by atoms with Crippen LogP contribution in [-0.4, -0.2) is 25.8 Å². The lowest BCUT2D eigenvalue weighted by molar-refractivity contribution is -0.384. The molecule has 1 N–H and O–H groups in total. The molecular formula is C19H17N3O6S. The van der Waals surface area contributed by atoms with Gasteiger partial charge in [-0.15, -0.1) is 0 Å². The number of anilines is 1. The van der Waals surface area contributed by atoms with Crippen LogP contribution >= 0.6 is 0 Å². The van der Waals surface area contributed by atoms with Gasteiger partial charge >= 0.3 is 0 Å². The molecule has 0 saturated heterocycles. The fourth-order valence-corrected chi connectivity index (χ4v) is 4.00. The molecule has 150 valence electrons. The monoisotopic (exact) mass is 415 g/mol. The van der Waals surface area contributed by atoms with Gasteiger partial charge in [-0.2, -0.15) is 0 Å². The van der Waals surface area contributed by atoms with E-state index < -0.39 is 27.4 Å². The Hall–Kier alpha value is -3.66. The van der Waals surface area contributed by atoms with Gasteiger partial charge in [0.05, 0.1) is 28.3 Å². The van der Waals surface area contributed by atoms with Gasteiger partial charge < -0.3 is 9.73 Å². The van der Waals surface area contributed by atoms with Crippen LogP contribution in [0.15, 0.2) is 82.3 Å². The van der Waals surface area contributed by atoms with E-state index in [4.69, 9.17) is 4.42 Å². The van der Waals surface area contributed by atoms with E-state index in [9.17, 15) is 23.3 Å². The first kappa shape index (κ1) is 20.1. The Morgan fingerprint density at radius 3 is 2.31 bits per heavy atom. The predicted octanol–water partition coefficient (Wildman–Crippen LogP) is 2.70. The Labute approximate surface area is 166 Å². The van der Waals surface area contributed by atoms with Crippen molar-refractivity contribution in [3.8, 4) is 0 Å². The van der Waals surface area contributed by atoms with Gasteiger partial charge in [-0.25, -0.2) is 8.42 Å². The Morgan fingerprint density at radius 2 is 1.72 bits per heavy atom. The molecule has 2 aromatic carbocycles. The molecule has 10 heteroatoms. The number of hydrogen-bond donors (Lipinski definition) is 1. The van der Waals surface area contributed by atoms with Gasteiger partial charge in [0, 0.05) is 12.1 Å². The van der Waals surface area contributed by atoms with Gasteiger partial charge in [-0.05, 0) is 36.4 Å². The number of hydrogen-bond acceptors (Lipinski definition) is 6. The van der Waals surface area contributed by atoms with Crippen molar-refractivity contribution in [2.75, 3.05) is 10.8 Å². The van der Waals surface area contributed by atoms with Crippen LogP contribution in [0, 0.1) is 10.1 Å². The fourth-order valence-electron chi connectivity index (χ4n) is 2.56. The lowest BCUT2D eigenvalue weighted by atomic mass is 10.3. The van der Waals surface area contributed by atoms with Gasteiger partial charge in [0.15, 0.2) is 0 Å². The Balaban J connectivity index is 1.88. The van der Waals surface area contributed by atoms with E-state index >= 15 is 0 Å². The summed E-state index contributed by atoms with van der Waals surface area (Å²) in [6.07, 6.45) is 1.46. The van der Waals surface area contributed by atoms with Crippen molar-refractivity contribution in [3.05, 3.63) is 88.9 Å². The van der Waals surface area contributed by atoms with Crippen LogP contribution in [0.5, 0.6) is 0 Å². The number of nitro groups is 1. The van der Waals surface area contributed by atoms with Gasteiger partial charge in [0.1, 0.15) is 12.3 Å². The number of nitro benzene ring substituents is 1. The number of benzene rings is 2. The highest BCUT2D eigenvalue weighted by atomic mass is 32.2. The maximum atomic E-state index is 13.1. The predicted molar refractivity (Wildman–Crippen MR) is 105 cm³/mol. The highest BCUT2D eigenvalue weighted by Crippen LogP contribution is 2.25. The van der Waals surface area contributed by atoms with E-state index in [-0.39, 0.29) is 22.8 Å². The maximum Gasteiger partial charge on any atom is 0.269 e. The van der Waals surface area contributed by atoms with Crippen molar-refractivity contribution < 1.29 is 22.6 Å². The molecular weight excluding hydrogens is 398 g/mol.